The summed E-state index contributed by atoms with van der Waals surface area (Å²) in [6.07, 6.45) is 0. The van der Waals surface area contributed by atoms with Crippen LogP contribution >= 0.6 is 22.7 Å². The van der Waals surface area contributed by atoms with Gasteiger partial charge in [0.1, 0.15) is 6.07 Å². The molecule has 0 fully saturated rings. The predicted octanol–water partition coefficient (Wildman–Crippen LogP) is 11.7. The third-order valence-corrected chi connectivity index (χ3v) is 11.2. The van der Waals surface area contributed by atoms with Gasteiger partial charge in [-0.1, -0.05) is 71.8 Å². The topological polar surface area (TPSA) is 28.7 Å². The number of nitriles is 1. The first-order chi connectivity index (χ1) is 21.1. The van der Waals surface area contributed by atoms with Crippen LogP contribution in [0, 0.1) is 25.2 Å². The smallest absolute Gasteiger partial charge is 0.101 e. The molecule has 0 aliphatic heterocycles. The van der Waals surface area contributed by atoms with Gasteiger partial charge >= 0.3 is 0 Å². The molecule has 202 valence electrons. The molecule has 0 atom stereocenters. The monoisotopic (exact) mass is 584 g/mol. The lowest BCUT2D eigenvalue weighted by Crippen LogP contribution is -1.94. The summed E-state index contributed by atoms with van der Waals surface area (Å²) >= 11 is 3.56. The fourth-order valence-electron chi connectivity index (χ4n) is 6.78. The highest BCUT2D eigenvalue weighted by Crippen LogP contribution is 2.45. The van der Waals surface area contributed by atoms with Crippen LogP contribution in [-0.4, -0.2) is 4.57 Å². The van der Waals surface area contributed by atoms with Crippen LogP contribution in [0.2, 0.25) is 0 Å². The van der Waals surface area contributed by atoms with Crippen LogP contribution in [0.15, 0.2) is 109 Å². The maximum absolute atomic E-state index is 10.4. The molecule has 6 aromatic carbocycles. The molecule has 0 spiro atoms. The van der Waals surface area contributed by atoms with Crippen molar-refractivity contribution in [2.75, 3.05) is 0 Å². The van der Waals surface area contributed by atoms with Crippen molar-refractivity contribution in [3.05, 3.63) is 126 Å². The molecule has 0 unspecified atom stereocenters. The van der Waals surface area contributed by atoms with Crippen LogP contribution in [0.4, 0.5) is 0 Å². The second-order valence-corrected chi connectivity index (χ2v) is 13.5. The van der Waals surface area contributed by atoms with Gasteiger partial charge in [-0.3, -0.25) is 0 Å². The van der Waals surface area contributed by atoms with E-state index in [9.17, 15) is 5.26 Å². The summed E-state index contributed by atoms with van der Waals surface area (Å²) in [4.78, 5) is 0. The van der Waals surface area contributed by atoms with Crippen LogP contribution in [0.5, 0.6) is 0 Å². The Hall–Kier alpha value is -4.95. The van der Waals surface area contributed by atoms with Crippen molar-refractivity contribution < 1.29 is 0 Å². The Morgan fingerprint density at radius 2 is 1.23 bits per heavy atom. The van der Waals surface area contributed by atoms with Crippen molar-refractivity contribution in [2.24, 2.45) is 0 Å². The van der Waals surface area contributed by atoms with E-state index < -0.39 is 0 Å². The molecule has 3 aromatic heterocycles. The van der Waals surface area contributed by atoms with E-state index in [-0.39, 0.29) is 0 Å². The van der Waals surface area contributed by atoms with Gasteiger partial charge in [0, 0.05) is 41.7 Å². The molecule has 0 saturated heterocycles. The molecular weight excluding hydrogens is 561 g/mol. The Bertz CT molecular complexity index is 2600. The van der Waals surface area contributed by atoms with E-state index in [0.717, 1.165) is 26.9 Å². The zero-order valence-electron chi connectivity index (χ0n) is 23.6. The zero-order chi connectivity index (χ0) is 28.8. The molecule has 43 heavy (non-hydrogen) atoms. The Morgan fingerprint density at radius 1 is 0.558 bits per heavy atom. The van der Waals surface area contributed by atoms with Crippen molar-refractivity contribution in [2.45, 2.75) is 13.8 Å². The van der Waals surface area contributed by atoms with E-state index in [1.807, 2.05) is 11.3 Å². The van der Waals surface area contributed by atoms with Gasteiger partial charge < -0.3 is 4.57 Å². The zero-order valence-corrected chi connectivity index (χ0v) is 25.2. The summed E-state index contributed by atoms with van der Waals surface area (Å²) in [5, 5.41) is 17.8. The number of aromatic nitrogens is 1. The average molecular weight is 585 g/mol. The largest absolute Gasteiger partial charge is 0.308 e. The number of benzene rings is 6. The molecule has 0 radical (unpaired) electrons. The van der Waals surface area contributed by atoms with Crippen molar-refractivity contribution in [1.82, 2.24) is 4.57 Å². The highest BCUT2D eigenvalue weighted by molar-refractivity contribution is 7.27. The molecule has 3 heterocycles. The molecule has 0 bridgehead atoms. The van der Waals surface area contributed by atoms with Crippen molar-refractivity contribution >= 4 is 84.8 Å². The van der Waals surface area contributed by atoms with Crippen LogP contribution in [0.25, 0.3) is 79.0 Å². The lowest BCUT2D eigenvalue weighted by Gasteiger charge is -2.09. The fourth-order valence-corrected chi connectivity index (χ4v) is 9.27. The SMILES string of the molecule is Cc1ccc2c(c1)c1cc(C)ccc1n2-c1cccc2c1sc1c(C#N)cc(-c3cccc4c3sc3ccccc34)cc12. The van der Waals surface area contributed by atoms with Gasteiger partial charge in [0.05, 0.1) is 31.7 Å². The lowest BCUT2D eigenvalue weighted by atomic mass is 9.98. The first-order valence-electron chi connectivity index (χ1n) is 14.4. The minimum absolute atomic E-state index is 0.728. The number of rotatable bonds is 2. The van der Waals surface area contributed by atoms with Gasteiger partial charge in [-0.15, -0.1) is 22.7 Å². The number of hydrogen-bond donors (Lipinski definition) is 0. The maximum Gasteiger partial charge on any atom is 0.101 e. The number of nitrogens with zero attached hydrogens (tertiary/aromatic N) is 2. The number of aryl methyl sites for hydroxylation is 2. The van der Waals surface area contributed by atoms with E-state index >= 15 is 0 Å². The Morgan fingerprint density at radius 3 is 1.98 bits per heavy atom. The molecule has 9 aromatic rings. The predicted molar refractivity (Wildman–Crippen MR) is 186 cm³/mol. The molecule has 0 aliphatic rings. The number of hydrogen-bond acceptors (Lipinski definition) is 3. The van der Waals surface area contributed by atoms with Crippen LogP contribution < -0.4 is 0 Å². The molecule has 4 heteroatoms. The van der Waals surface area contributed by atoms with Gasteiger partial charge in [-0.25, -0.2) is 0 Å². The highest BCUT2D eigenvalue weighted by atomic mass is 32.1. The van der Waals surface area contributed by atoms with Gasteiger partial charge in [-0.2, -0.15) is 5.26 Å². The van der Waals surface area contributed by atoms with E-state index in [2.05, 4.69) is 134 Å². The fraction of sp³-hybridized carbons (Fsp3) is 0.0513. The lowest BCUT2D eigenvalue weighted by molar-refractivity contribution is 1.20. The quantitative estimate of drug-likeness (QED) is 0.199. The molecule has 0 N–H and O–H groups in total. The summed E-state index contributed by atoms with van der Waals surface area (Å²) in [7, 11) is 0. The van der Waals surface area contributed by atoms with E-state index in [1.54, 1.807) is 11.3 Å². The first-order valence-corrected chi connectivity index (χ1v) is 16.0. The second-order valence-electron chi connectivity index (χ2n) is 11.4. The van der Waals surface area contributed by atoms with Crippen LogP contribution in [-0.2, 0) is 0 Å². The summed E-state index contributed by atoms with van der Waals surface area (Å²) in [6.45, 7) is 4.32. The van der Waals surface area contributed by atoms with E-state index in [0.29, 0.717) is 0 Å². The van der Waals surface area contributed by atoms with Crippen molar-refractivity contribution in [3.8, 4) is 22.9 Å². The summed E-state index contributed by atoms with van der Waals surface area (Å²) in [5.41, 5.74) is 9.08. The minimum atomic E-state index is 0.728. The third kappa shape index (κ3) is 3.50. The summed E-state index contributed by atoms with van der Waals surface area (Å²) in [6, 6.07) is 42.2. The highest BCUT2D eigenvalue weighted by Gasteiger charge is 2.19. The Labute approximate surface area is 256 Å². The van der Waals surface area contributed by atoms with E-state index in [1.165, 1.54) is 68.8 Å². The van der Waals surface area contributed by atoms with Crippen molar-refractivity contribution in [1.29, 1.82) is 5.26 Å². The standard InChI is InChI=1S/C39H24N2S2/c1-22-13-15-33-30(17-22)31-18-23(2)14-16-34(31)41(33)35-11-6-10-29-32-20-24(19-25(21-40)37(32)43-39(29)35)26-8-5-9-28-27-7-3-4-12-36(27)42-38(26)28/h3-20H,1-2H3. The third-order valence-electron chi connectivity index (χ3n) is 8.73. The maximum atomic E-state index is 10.4. The first kappa shape index (κ1) is 24.6. The van der Waals surface area contributed by atoms with Crippen molar-refractivity contribution in [3.63, 3.8) is 0 Å². The Balaban J connectivity index is 1.35. The number of thiophene rings is 2. The number of fused-ring (bicyclic) bond motifs is 9. The molecule has 0 aliphatic carbocycles. The molecule has 2 nitrogen and oxygen atoms in total. The molecule has 0 saturated carbocycles. The molecule has 9 rings (SSSR count). The second kappa shape index (κ2) is 9.02. The van der Waals surface area contributed by atoms with Gasteiger partial charge in [0.25, 0.3) is 0 Å². The molecular formula is C39H24N2S2. The Kier molecular flexibility index (Phi) is 5.17. The summed E-state index contributed by atoms with van der Waals surface area (Å²) in [5.74, 6) is 0. The molecule has 0 amide bonds. The van der Waals surface area contributed by atoms with E-state index in [4.69, 9.17) is 0 Å². The summed E-state index contributed by atoms with van der Waals surface area (Å²) < 4.78 is 7.21. The van der Waals surface area contributed by atoms with Crippen LogP contribution in [0.3, 0.4) is 0 Å². The van der Waals surface area contributed by atoms with Gasteiger partial charge in [-0.05, 0) is 73.5 Å². The normalized spacial score (nSPS) is 11.9. The van der Waals surface area contributed by atoms with Gasteiger partial charge in [0.2, 0.25) is 0 Å². The average Bonchev–Trinajstić information content (AvgIpc) is 3.70. The van der Waals surface area contributed by atoms with Gasteiger partial charge in [0.15, 0.2) is 0 Å². The minimum Gasteiger partial charge on any atom is -0.308 e. The van der Waals surface area contributed by atoms with Crippen LogP contribution in [0.1, 0.15) is 16.7 Å².